The molecule has 0 aliphatic carbocycles. The van der Waals surface area contributed by atoms with E-state index in [1.807, 2.05) is 56.7 Å². The number of carbonyl (C=O) groups excluding carboxylic acids is 1. The lowest BCUT2D eigenvalue weighted by Crippen LogP contribution is -2.17. The number of rotatable bonds is 5. The number of carbonyl (C=O) groups is 1. The fourth-order valence-corrected chi connectivity index (χ4v) is 2.80. The van der Waals surface area contributed by atoms with Crippen LogP contribution in [-0.4, -0.2) is 29.8 Å². The van der Waals surface area contributed by atoms with Crippen molar-refractivity contribution in [2.45, 2.75) is 26.7 Å². The van der Waals surface area contributed by atoms with Crippen LogP contribution in [0.5, 0.6) is 0 Å². The number of aromatic nitrogens is 2. The van der Waals surface area contributed by atoms with Gasteiger partial charge in [0.05, 0.1) is 17.1 Å². The number of benzene rings is 1. The summed E-state index contributed by atoms with van der Waals surface area (Å²) in [4.78, 5) is 14.2. The van der Waals surface area contributed by atoms with Gasteiger partial charge < -0.3 is 10.2 Å². The normalized spacial score (nSPS) is 10.7. The highest BCUT2D eigenvalue weighted by Crippen LogP contribution is 2.28. The van der Waals surface area contributed by atoms with Gasteiger partial charge in [0.2, 0.25) is 5.91 Å². The molecule has 1 amide bonds. The number of hydrogen-bond donors (Lipinski definition) is 1. The van der Waals surface area contributed by atoms with Crippen molar-refractivity contribution in [1.82, 2.24) is 9.78 Å². The molecule has 1 heterocycles. The van der Waals surface area contributed by atoms with Gasteiger partial charge in [0.1, 0.15) is 0 Å². The van der Waals surface area contributed by atoms with Crippen LogP contribution in [0.25, 0.3) is 0 Å². The van der Waals surface area contributed by atoms with Crippen LogP contribution < -0.4 is 10.2 Å². The first-order valence-electron chi connectivity index (χ1n) is 7.55. The first-order chi connectivity index (χ1) is 10.8. The molecule has 124 valence electrons. The molecule has 6 heteroatoms. The third kappa shape index (κ3) is 4.05. The number of halogens is 1. The average molecular weight is 335 g/mol. The Kier molecular flexibility index (Phi) is 5.31. The Bertz CT molecular complexity index is 722. The van der Waals surface area contributed by atoms with Gasteiger partial charge >= 0.3 is 0 Å². The second kappa shape index (κ2) is 7.04. The molecule has 0 aliphatic heterocycles. The minimum atomic E-state index is -0.0296. The maximum absolute atomic E-state index is 12.3. The van der Waals surface area contributed by atoms with Gasteiger partial charge in [0.15, 0.2) is 0 Å². The van der Waals surface area contributed by atoms with Gasteiger partial charge in [-0.25, -0.2) is 0 Å². The molecule has 1 aromatic heterocycles. The van der Waals surface area contributed by atoms with Gasteiger partial charge in [-0.3, -0.25) is 9.48 Å². The zero-order valence-electron chi connectivity index (χ0n) is 14.3. The second-order valence-electron chi connectivity index (χ2n) is 5.88. The summed E-state index contributed by atoms with van der Waals surface area (Å²) >= 11 is 6.04. The van der Waals surface area contributed by atoms with Gasteiger partial charge in [-0.15, -0.1) is 0 Å². The molecule has 0 radical (unpaired) electrons. The Labute approximate surface area is 142 Å². The van der Waals surface area contributed by atoms with E-state index >= 15 is 0 Å². The third-order valence-electron chi connectivity index (χ3n) is 3.98. The Morgan fingerprint density at radius 3 is 2.61 bits per heavy atom. The van der Waals surface area contributed by atoms with E-state index in [4.69, 9.17) is 11.6 Å². The molecule has 0 spiro atoms. The summed E-state index contributed by atoms with van der Waals surface area (Å²) in [5.41, 5.74) is 4.88. The lowest BCUT2D eigenvalue weighted by atomic mass is 10.1. The van der Waals surface area contributed by atoms with Crippen LogP contribution in [-0.2, 0) is 18.3 Å². The Hall–Kier alpha value is -2.01. The van der Waals surface area contributed by atoms with Gasteiger partial charge in [0.25, 0.3) is 0 Å². The minimum Gasteiger partial charge on any atom is -0.376 e. The summed E-state index contributed by atoms with van der Waals surface area (Å²) in [5.74, 6) is -0.0296. The fourth-order valence-electron chi connectivity index (χ4n) is 2.63. The molecular weight excluding hydrogens is 312 g/mol. The highest BCUT2D eigenvalue weighted by Gasteiger charge is 2.13. The van der Waals surface area contributed by atoms with Crippen molar-refractivity contribution in [2.24, 2.45) is 7.05 Å². The molecule has 0 saturated carbocycles. The second-order valence-corrected chi connectivity index (χ2v) is 6.31. The molecule has 0 saturated heterocycles. The molecule has 0 aliphatic rings. The molecule has 1 N–H and O–H groups in total. The van der Waals surface area contributed by atoms with Crippen LogP contribution in [0.3, 0.4) is 0 Å². The first kappa shape index (κ1) is 17.3. The zero-order chi connectivity index (χ0) is 17.1. The van der Waals surface area contributed by atoms with Crippen LogP contribution in [0.4, 0.5) is 11.4 Å². The lowest BCUT2D eigenvalue weighted by Gasteiger charge is -2.18. The van der Waals surface area contributed by atoms with Crippen molar-refractivity contribution in [3.05, 3.63) is 40.2 Å². The van der Waals surface area contributed by atoms with Crippen LogP contribution in [0.2, 0.25) is 5.02 Å². The first-order valence-corrected chi connectivity index (χ1v) is 7.93. The van der Waals surface area contributed by atoms with E-state index in [1.54, 1.807) is 6.07 Å². The van der Waals surface area contributed by atoms with Crippen LogP contribution in [0.1, 0.15) is 23.4 Å². The fraction of sp³-hybridized carbons (Fsp3) is 0.412. The van der Waals surface area contributed by atoms with Crippen molar-refractivity contribution >= 4 is 28.9 Å². The maximum atomic E-state index is 12.3. The molecule has 0 unspecified atom stereocenters. The van der Waals surface area contributed by atoms with E-state index in [0.29, 0.717) is 17.9 Å². The molecule has 23 heavy (non-hydrogen) atoms. The largest absolute Gasteiger partial charge is 0.376 e. The van der Waals surface area contributed by atoms with Crippen LogP contribution in [0, 0.1) is 13.8 Å². The van der Waals surface area contributed by atoms with E-state index in [1.165, 1.54) is 0 Å². The van der Waals surface area contributed by atoms with Gasteiger partial charge in [-0.1, -0.05) is 11.6 Å². The number of nitrogens with one attached hydrogen (secondary N) is 1. The number of nitrogens with zero attached hydrogens (tertiary/aromatic N) is 3. The van der Waals surface area contributed by atoms with Crippen molar-refractivity contribution in [3.63, 3.8) is 0 Å². The number of hydrogen-bond acceptors (Lipinski definition) is 3. The third-order valence-corrected chi connectivity index (χ3v) is 4.21. The SMILES string of the molecule is Cc1nn(C)c(C)c1CCC(=O)Nc1cc(Cl)ccc1N(C)C. The van der Waals surface area contributed by atoms with Crippen molar-refractivity contribution in [3.8, 4) is 0 Å². The summed E-state index contributed by atoms with van der Waals surface area (Å²) < 4.78 is 1.85. The summed E-state index contributed by atoms with van der Waals surface area (Å²) in [6.07, 6.45) is 1.09. The standard InChI is InChI=1S/C17H23ClN4O/c1-11-14(12(2)22(5)20-11)7-9-17(23)19-15-10-13(18)6-8-16(15)21(3)4/h6,8,10H,7,9H2,1-5H3,(H,19,23). The Morgan fingerprint density at radius 1 is 1.35 bits per heavy atom. The van der Waals surface area contributed by atoms with E-state index < -0.39 is 0 Å². The molecule has 5 nitrogen and oxygen atoms in total. The van der Waals surface area contributed by atoms with Gasteiger partial charge in [-0.2, -0.15) is 5.10 Å². The predicted octanol–water partition coefficient (Wildman–Crippen LogP) is 3.33. The number of amides is 1. The predicted molar refractivity (Wildman–Crippen MR) is 95.4 cm³/mol. The van der Waals surface area contributed by atoms with Gasteiger partial charge in [0, 0.05) is 38.3 Å². The quantitative estimate of drug-likeness (QED) is 0.912. The summed E-state index contributed by atoms with van der Waals surface area (Å²) in [5, 5.41) is 7.94. The topological polar surface area (TPSA) is 50.2 Å². The van der Waals surface area contributed by atoms with Crippen LogP contribution >= 0.6 is 11.6 Å². The molecule has 0 atom stereocenters. The highest BCUT2D eigenvalue weighted by molar-refractivity contribution is 6.31. The molecule has 0 bridgehead atoms. The molecule has 1 aromatic carbocycles. The van der Waals surface area contributed by atoms with E-state index in [0.717, 1.165) is 28.3 Å². The van der Waals surface area contributed by atoms with E-state index in [2.05, 4.69) is 10.4 Å². The smallest absolute Gasteiger partial charge is 0.224 e. The van der Waals surface area contributed by atoms with Crippen molar-refractivity contribution in [2.75, 3.05) is 24.3 Å². The summed E-state index contributed by atoms with van der Waals surface area (Å²) in [6.45, 7) is 4.00. The lowest BCUT2D eigenvalue weighted by molar-refractivity contribution is -0.116. The number of anilines is 2. The zero-order valence-corrected chi connectivity index (χ0v) is 15.0. The average Bonchev–Trinajstić information content (AvgIpc) is 2.70. The van der Waals surface area contributed by atoms with E-state index in [9.17, 15) is 4.79 Å². The Balaban J connectivity index is 2.07. The molecule has 2 aromatic rings. The van der Waals surface area contributed by atoms with E-state index in [-0.39, 0.29) is 5.91 Å². The summed E-state index contributed by atoms with van der Waals surface area (Å²) in [6, 6.07) is 5.48. The molecular formula is C17H23ClN4O. The monoisotopic (exact) mass is 334 g/mol. The Morgan fingerprint density at radius 2 is 2.04 bits per heavy atom. The highest BCUT2D eigenvalue weighted by atomic mass is 35.5. The number of aryl methyl sites for hydroxylation is 2. The summed E-state index contributed by atoms with van der Waals surface area (Å²) in [7, 11) is 5.78. The van der Waals surface area contributed by atoms with Crippen molar-refractivity contribution < 1.29 is 4.79 Å². The minimum absolute atomic E-state index is 0.0296. The van der Waals surface area contributed by atoms with Crippen molar-refractivity contribution in [1.29, 1.82) is 0 Å². The van der Waals surface area contributed by atoms with Crippen LogP contribution in [0.15, 0.2) is 18.2 Å². The molecule has 2 rings (SSSR count). The molecule has 0 fully saturated rings. The van der Waals surface area contributed by atoms with Gasteiger partial charge in [-0.05, 0) is 44.0 Å². The maximum Gasteiger partial charge on any atom is 0.224 e.